The Labute approximate surface area is 159 Å². The molecule has 8 heteroatoms. The predicted molar refractivity (Wildman–Crippen MR) is 103 cm³/mol. The third-order valence-corrected chi connectivity index (χ3v) is 5.38. The number of imidazole rings is 1. The largest absolute Gasteiger partial charge is 0.366 e. The Kier molecular flexibility index (Phi) is 4.31. The molecule has 1 saturated carbocycles. The number of nitrogens with zero attached hydrogens (tertiary/aromatic N) is 3. The zero-order chi connectivity index (χ0) is 19.1. The average Bonchev–Trinajstić information content (AvgIpc) is 3.28. The van der Waals surface area contributed by atoms with Gasteiger partial charge in [0.2, 0.25) is 5.91 Å². The molecule has 0 saturated heterocycles. The molecule has 4 rings (SSSR count). The number of hydrogen-bond donors (Lipinski definition) is 1. The van der Waals surface area contributed by atoms with Crippen LogP contribution in [0.5, 0.6) is 0 Å². The molecule has 3 aromatic rings. The maximum absolute atomic E-state index is 11.5. The number of carbonyl (C=O) groups is 1. The summed E-state index contributed by atoms with van der Waals surface area (Å²) in [5.74, 6) is 0.120. The number of nitro groups is 1. The third kappa shape index (κ3) is 3.04. The fraction of sp³-hybridized carbons (Fsp3) is 0.263. The van der Waals surface area contributed by atoms with Gasteiger partial charge in [0.1, 0.15) is 10.8 Å². The summed E-state index contributed by atoms with van der Waals surface area (Å²) < 4.78 is 2.13. The normalized spacial score (nSPS) is 14.7. The predicted octanol–water partition coefficient (Wildman–Crippen LogP) is 4.48. The van der Waals surface area contributed by atoms with Crippen molar-refractivity contribution in [3.05, 3.63) is 57.1 Å². The Morgan fingerprint density at radius 3 is 2.63 bits per heavy atom. The van der Waals surface area contributed by atoms with Crippen molar-refractivity contribution >= 4 is 34.2 Å². The van der Waals surface area contributed by atoms with Gasteiger partial charge in [-0.05, 0) is 43.2 Å². The van der Waals surface area contributed by atoms with Gasteiger partial charge in [0.15, 0.2) is 0 Å². The zero-order valence-corrected chi connectivity index (χ0v) is 15.1. The highest BCUT2D eigenvalue weighted by molar-refractivity contribution is 6.32. The second-order valence-corrected chi connectivity index (χ2v) is 7.14. The fourth-order valence-corrected chi connectivity index (χ4v) is 3.97. The Bertz CT molecular complexity index is 1070. The van der Waals surface area contributed by atoms with Crippen LogP contribution in [-0.2, 0) is 0 Å². The first-order valence-electron chi connectivity index (χ1n) is 8.72. The van der Waals surface area contributed by atoms with Crippen LogP contribution in [0.4, 0.5) is 5.69 Å². The molecule has 0 spiro atoms. The van der Waals surface area contributed by atoms with Crippen molar-refractivity contribution in [2.24, 2.45) is 5.73 Å². The van der Waals surface area contributed by atoms with Crippen molar-refractivity contribution in [3.8, 4) is 11.4 Å². The standard InChI is InChI=1S/C19H17ClN4O3/c20-14-7-5-12(10-17(14)24(26)27)19-22-15-9-11(18(21)25)6-8-16(15)23(19)13-3-1-2-4-13/h5-10,13H,1-4H2,(H2,21,25). The van der Waals surface area contributed by atoms with E-state index >= 15 is 0 Å². The SMILES string of the molecule is NC(=O)c1ccc2c(c1)nc(-c1ccc(Cl)c([N+](=O)[O-])c1)n2C1CCCC1. The summed E-state index contributed by atoms with van der Waals surface area (Å²) in [7, 11) is 0. The van der Waals surface area contributed by atoms with E-state index < -0.39 is 10.8 Å². The van der Waals surface area contributed by atoms with Gasteiger partial charge < -0.3 is 10.3 Å². The first-order chi connectivity index (χ1) is 13.0. The molecule has 1 aliphatic carbocycles. The molecule has 1 aliphatic rings. The molecule has 7 nitrogen and oxygen atoms in total. The number of rotatable bonds is 4. The lowest BCUT2D eigenvalue weighted by Crippen LogP contribution is -2.10. The maximum atomic E-state index is 11.5. The van der Waals surface area contributed by atoms with Gasteiger partial charge in [-0.1, -0.05) is 24.4 Å². The minimum Gasteiger partial charge on any atom is -0.366 e. The van der Waals surface area contributed by atoms with Crippen LogP contribution in [0.2, 0.25) is 5.02 Å². The quantitative estimate of drug-likeness (QED) is 0.528. The van der Waals surface area contributed by atoms with Crippen LogP contribution in [-0.4, -0.2) is 20.4 Å². The number of nitrogens with two attached hydrogens (primary N) is 1. The number of benzene rings is 2. The molecule has 1 amide bonds. The highest BCUT2D eigenvalue weighted by Gasteiger charge is 2.25. The van der Waals surface area contributed by atoms with Crippen molar-refractivity contribution in [2.75, 3.05) is 0 Å². The molecule has 0 bridgehead atoms. The molecule has 2 N–H and O–H groups in total. The summed E-state index contributed by atoms with van der Waals surface area (Å²) in [6.45, 7) is 0. The molecular weight excluding hydrogens is 368 g/mol. The van der Waals surface area contributed by atoms with Crippen LogP contribution in [0.3, 0.4) is 0 Å². The number of nitro benzene ring substituents is 1. The Balaban J connectivity index is 1.96. The van der Waals surface area contributed by atoms with E-state index in [9.17, 15) is 14.9 Å². The van der Waals surface area contributed by atoms with Crippen LogP contribution in [0.1, 0.15) is 42.1 Å². The molecule has 138 valence electrons. The van der Waals surface area contributed by atoms with Crippen molar-refractivity contribution in [1.82, 2.24) is 9.55 Å². The Hall–Kier alpha value is -2.93. The molecule has 0 radical (unpaired) electrons. The van der Waals surface area contributed by atoms with Crippen molar-refractivity contribution in [1.29, 1.82) is 0 Å². The number of hydrogen-bond acceptors (Lipinski definition) is 4. The first-order valence-corrected chi connectivity index (χ1v) is 9.09. The monoisotopic (exact) mass is 384 g/mol. The van der Waals surface area contributed by atoms with Crippen molar-refractivity contribution < 1.29 is 9.72 Å². The lowest BCUT2D eigenvalue weighted by atomic mass is 10.1. The van der Waals surface area contributed by atoms with Crippen molar-refractivity contribution in [3.63, 3.8) is 0 Å². The number of primary amides is 1. The van der Waals surface area contributed by atoms with Gasteiger partial charge in [-0.25, -0.2) is 4.98 Å². The topological polar surface area (TPSA) is 104 Å². The minimum atomic E-state index is -0.518. The van der Waals surface area contributed by atoms with Crippen LogP contribution >= 0.6 is 11.6 Å². The second-order valence-electron chi connectivity index (χ2n) is 6.73. The van der Waals surface area contributed by atoms with E-state index in [1.165, 1.54) is 12.1 Å². The molecule has 1 aromatic heterocycles. The van der Waals surface area contributed by atoms with Gasteiger partial charge in [0.05, 0.1) is 16.0 Å². The number of aromatic nitrogens is 2. The van der Waals surface area contributed by atoms with Gasteiger partial charge in [-0.2, -0.15) is 0 Å². The molecule has 2 aromatic carbocycles. The fourth-order valence-electron chi connectivity index (χ4n) is 3.78. The molecule has 0 unspecified atom stereocenters. The zero-order valence-electron chi connectivity index (χ0n) is 14.4. The van der Waals surface area contributed by atoms with Crippen LogP contribution in [0.25, 0.3) is 22.4 Å². The van der Waals surface area contributed by atoms with E-state index in [0.29, 0.717) is 22.5 Å². The summed E-state index contributed by atoms with van der Waals surface area (Å²) >= 11 is 5.96. The second kappa shape index (κ2) is 6.66. The third-order valence-electron chi connectivity index (χ3n) is 5.06. The summed E-state index contributed by atoms with van der Waals surface area (Å²) in [6, 6.07) is 10.2. The smallest absolute Gasteiger partial charge is 0.288 e. The van der Waals surface area contributed by atoms with Crippen LogP contribution in [0.15, 0.2) is 36.4 Å². The summed E-state index contributed by atoms with van der Waals surface area (Å²) in [4.78, 5) is 27.0. The van der Waals surface area contributed by atoms with E-state index in [1.807, 2.05) is 6.07 Å². The first kappa shape index (κ1) is 17.5. The highest BCUT2D eigenvalue weighted by Crippen LogP contribution is 2.38. The molecule has 0 atom stereocenters. The van der Waals surface area contributed by atoms with Gasteiger partial charge in [0, 0.05) is 23.2 Å². The van der Waals surface area contributed by atoms with Crippen molar-refractivity contribution in [2.45, 2.75) is 31.7 Å². The Morgan fingerprint density at radius 2 is 1.96 bits per heavy atom. The van der Waals surface area contributed by atoms with E-state index in [4.69, 9.17) is 22.3 Å². The number of halogens is 1. The summed E-state index contributed by atoms with van der Waals surface area (Å²) in [6.07, 6.45) is 4.30. The highest BCUT2D eigenvalue weighted by atomic mass is 35.5. The van der Waals surface area contributed by atoms with E-state index in [-0.39, 0.29) is 16.8 Å². The van der Waals surface area contributed by atoms with E-state index in [1.54, 1.807) is 18.2 Å². The number of fused-ring (bicyclic) bond motifs is 1. The van der Waals surface area contributed by atoms with Gasteiger partial charge in [-0.15, -0.1) is 0 Å². The summed E-state index contributed by atoms with van der Waals surface area (Å²) in [5, 5.41) is 11.4. The van der Waals surface area contributed by atoms with Gasteiger partial charge in [0.25, 0.3) is 5.69 Å². The summed E-state index contributed by atoms with van der Waals surface area (Å²) in [5.41, 5.74) is 7.77. The average molecular weight is 385 g/mol. The number of amides is 1. The molecule has 0 aliphatic heterocycles. The van der Waals surface area contributed by atoms with Gasteiger partial charge in [-0.3, -0.25) is 14.9 Å². The maximum Gasteiger partial charge on any atom is 0.288 e. The number of carbonyl (C=O) groups excluding carboxylic acids is 1. The van der Waals surface area contributed by atoms with Crippen LogP contribution in [0, 0.1) is 10.1 Å². The minimum absolute atomic E-state index is 0.0864. The lowest BCUT2D eigenvalue weighted by molar-refractivity contribution is -0.384. The Morgan fingerprint density at radius 1 is 1.22 bits per heavy atom. The van der Waals surface area contributed by atoms with E-state index in [0.717, 1.165) is 31.2 Å². The van der Waals surface area contributed by atoms with E-state index in [2.05, 4.69) is 4.57 Å². The van der Waals surface area contributed by atoms with Crippen LogP contribution < -0.4 is 5.73 Å². The molecule has 1 fully saturated rings. The molecule has 1 heterocycles. The molecule has 27 heavy (non-hydrogen) atoms. The lowest BCUT2D eigenvalue weighted by Gasteiger charge is -2.16. The molecular formula is C19H17ClN4O3. The van der Waals surface area contributed by atoms with Gasteiger partial charge >= 0.3 is 0 Å².